The number of hydrogen-bond acceptors (Lipinski definition) is 4. The van der Waals surface area contributed by atoms with E-state index in [9.17, 15) is 18.0 Å². The number of sulfonamides is 1. The van der Waals surface area contributed by atoms with E-state index in [0.29, 0.717) is 11.3 Å². The van der Waals surface area contributed by atoms with Gasteiger partial charge in [-0.1, -0.05) is 18.2 Å². The molecule has 0 aliphatic carbocycles. The number of Topliss-reactive ketones (excluding diaryl/α,β-unsaturated/α-hetero) is 1. The number of primary sulfonamides is 1. The number of carbonyl (C=O) groups excluding carboxylic acids is 2. The van der Waals surface area contributed by atoms with Gasteiger partial charge in [0.05, 0.1) is 4.90 Å². The second-order valence-corrected chi connectivity index (χ2v) is 6.04. The van der Waals surface area contributed by atoms with Crippen LogP contribution in [0.5, 0.6) is 0 Å². The molecular formula is C15H17N3O4S. The van der Waals surface area contributed by atoms with E-state index < -0.39 is 16.1 Å². The summed E-state index contributed by atoms with van der Waals surface area (Å²) in [4.78, 5) is 21.4. The summed E-state index contributed by atoms with van der Waals surface area (Å²) in [6.45, 7) is 1.48. The Labute approximate surface area is 134 Å². The lowest BCUT2D eigenvalue weighted by Gasteiger charge is -2.01. The van der Waals surface area contributed by atoms with Crippen molar-refractivity contribution in [3.05, 3.63) is 60.2 Å². The molecule has 2 amide bonds. The van der Waals surface area contributed by atoms with Crippen LogP contribution in [0.1, 0.15) is 17.3 Å². The molecule has 0 aliphatic rings. The van der Waals surface area contributed by atoms with Gasteiger partial charge in [-0.25, -0.2) is 18.4 Å². The molecule has 5 N–H and O–H groups in total. The summed E-state index contributed by atoms with van der Waals surface area (Å²) >= 11 is 0. The molecule has 0 saturated carbocycles. The molecule has 0 aliphatic heterocycles. The summed E-state index contributed by atoms with van der Waals surface area (Å²) in [7, 11) is -3.50. The highest BCUT2D eigenvalue weighted by Crippen LogP contribution is 2.09. The molecule has 0 aromatic heterocycles. The van der Waals surface area contributed by atoms with Crippen molar-refractivity contribution in [1.82, 2.24) is 0 Å². The first-order chi connectivity index (χ1) is 10.7. The van der Waals surface area contributed by atoms with Crippen LogP contribution in [0.15, 0.2) is 59.5 Å². The quantitative estimate of drug-likeness (QED) is 0.736. The van der Waals surface area contributed by atoms with Crippen LogP contribution in [0.25, 0.3) is 0 Å². The lowest BCUT2D eigenvalue weighted by Crippen LogP contribution is -2.19. The maximum Gasteiger partial charge on any atom is 0.316 e. The Morgan fingerprint density at radius 2 is 1.48 bits per heavy atom. The summed E-state index contributed by atoms with van der Waals surface area (Å²) in [5, 5.41) is 7.23. The van der Waals surface area contributed by atoms with Gasteiger partial charge in [0.1, 0.15) is 0 Å². The number of anilines is 1. The van der Waals surface area contributed by atoms with Crippen LogP contribution in [0.4, 0.5) is 10.5 Å². The van der Waals surface area contributed by atoms with E-state index in [2.05, 4.69) is 5.32 Å². The minimum Gasteiger partial charge on any atom is -0.351 e. The highest BCUT2D eigenvalue weighted by molar-refractivity contribution is 7.89. The van der Waals surface area contributed by atoms with Crippen LogP contribution in [-0.2, 0) is 10.0 Å². The highest BCUT2D eigenvalue weighted by atomic mass is 32.2. The fourth-order valence-electron chi connectivity index (χ4n) is 1.54. The number of ketones is 1. The number of urea groups is 1. The third kappa shape index (κ3) is 6.72. The van der Waals surface area contributed by atoms with Crippen LogP contribution in [0, 0.1) is 0 Å². The van der Waals surface area contributed by atoms with E-state index in [1.54, 1.807) is 42.5 Å². The molecule has 0 fully saturated rings. The minimum atomic E-state index is -3.50. The number of carbonyl (C=O) groups is 2. The number of nitrogens with two attached hydrogens (primary N) is 2. The third-order valence-electron chi connectivity index (χ3n) is 2.63. The van der Waals surface area contributed by atoms with Gasteiger partial charge < -0.3 is 11.1 Å². The van der Waals surface area contributed by atoms with Crippen molar-refractivity contribution >= 4 is 27.5 Å². The predicted octanol–water partition coefficient (Wildman–Crippen LogP) is 1.71. The molecule has 7 nitrogen and oxygen atoms in total. The third-order valence-corrected chi connectivity index (χ3v) is 3.56. The first-order valence-electron chi connectivity index (χ1n) is 6.45. The fraction of sp³-hybridized carbons (Fsp3) is 0.0667. The number of amides is 2. The summed E-state index contributed by atoms with van der Waals surface area (Å²) in [6, 6.07) is 13.8. The maximum atomic E-state index is 10.9. The number of rotatable bonds is 3. The monoisotopic (exact) mass is 335 g/mol. The number of primary amides is 1. The van der Waals surface area contributed by atoms with E-state index in [1.165, 1.54) is 19.1 Å². The van der Waals surface area contributed by atoms with Gasteiger partial charge in [0.25, 0.3) is 0 Å². The van der Waals surface area contributed by atoms with Crippen LogP contribution < -0.4 is 16.2 Å². The average molecular weight is 335 g/mol. The van der Waals surface area contributed by atoms with Crippen LogP contribution in [0.2, 0.25) is 0 Å². The van der Waals surface area contributed by atoms with Gasteiger partial charge in [-0.3, -0.25) is 4.79 Å². The zero-order chi connectivity index (χ0) is 17.5. The molecule has 0 heterocycles. The zero-order valence-electron chi connectivity index (χ0n) is 12.4. The molecule has 23 heavy (non-hydrogen) atoms. The molecule has 0 bridgehead atoms. The molecule has 2 aromatic rings. The van der Waals surface area contributed by atoms with Crippen LogP contribution in [0.3, 0.4) is 0 Å². The van der Waals surface area contributed by atoms with Crippen LogP contribution in [-0.4, -0.2) is 20.2 Å². The van der Waals surface area contributed by atoms with Gasteiger partial charge in [-0.15, -0.1) is 0 Å². The predicted molar refractivity (Wildman–Crippen MR) is 87.5 cm³/mol. The first-order valence-corrected chi connectivity index (χ1v) is 8.00. The fourth-order valence-corrected chi connectivity index (χ4v) is 2.08. The molecule has 0 radical (unpaired) electrons. The Morgan fingerprint density at radius 1 is 0.957 bits per heavy atom. The van der Waals surface area contributed by atoms with E-state index >= 15 is 0 Å². The molecule has 0 saturated heterocycles. The van der Waals surface area contributed by atoms with Gasteiger partial charge in [-0.05, 0) is 43.3 Å². The lowest BCUT2D eigenvalue weighted by molar-refractivity contribution is 0.101. The Balaban J connectivity index is 0.000000238. The van der Waals surface area contributed by atoms with Crippen molar-refractivity contribution in [1.29, 1.82) is 0 Å². The first kappa shape index (κ1) is 18.3. The van der Waals surface area contributed by atoms with E-state index in [1.807, 2.05) is 0 Å². The largest absolute Gasteiger partial charge is 0.351 e. The smallest absolute Gasteiger partial charge is 0.316 e. The van der Waals surface area contributed by atoms with E-state index in [0.717, 1.165) is 0 Å². The van der Waals surface area contributed by atoms with E-state index in [-0.39, 0.29) is 10.7 Å². The molecule has 2 rings (SSSR count). The number of nitrogens with one attached hydrogen (secondary N) is 1. The second kappa shape index (κ2) is 8.06. The Kier molecular flexibility index (Phi) is 6.43. The Morgan fingerprint density at radius 3 is 1.83 bits per heavy atom. The standard InChI is InChI=1S/C9H10N2O2.C6H7NO2S/c1-6(12)7-2-4-8(5-3-7)11-9(10)13;7-10(8,9)6-4-2-1-3-5-6/h2-5H,1H3,(H3,10,11,13);1-5H,(H2,7,8,9). The molecular weight excluding hydrogens is 318 g/mol. The SMILES string of the molecule is CC(=O)c1ccc(NC(N)=O)cc1.NS(=O)(=O)c1ccccc1. The van der Waals surface area contributed by atoms with Gasteiger partial charge in [0.2, 0.25) is 10.0 Å². The lowest BCUT2D eigenvalue weighted by atomic mass is 10.1. The number of benzene rings is 2. The molecule has 0 atom stereocenters. The molecule has 122 valence electrons. The van der Waals surface area contributed by atoms with Crippen LogP contribution >= 0.6 is 0 Å². The van der Waals surface area contributed by atoms with Gasteiger partial charge >= 0.3 is 6.03 Å². The molecule has 2 aromatic carbocycles. The maximum absolute atomic E-state index is 10.9. The summed E-state index contributed by atoms with van der Waals surface area (Å²) < 4.78 is 21.2. The van der Waals surface area contributed by atoms with Crippen molar-refractivity contribution in [2.75, 3.05) is 5.32 Å². The molecule has 8 heteroatoms. The Bertz CT molecular complexity index is 772. The minimum absolute atomic E-state index is 0.00868. The second-order valence-electron chi connectivity index (χ2n) is 4.48. The molecule has 0 spiro atoms. The van der Waals surface area contributed by atoms with E-state index in [4.69, 9.17) is 10.9 Å². The topological polar surface area (TPSA) is 132 Å². The van der Waals surface area contributed by atoms with Crippen molar-refractivity contribution in [2.45, 2.75) is 11.8 Å². The summed E-state index contributed by atoms with van der Waals surface area (Å²) in [5.74, 6) is -0.00868. The summed E-state index contributed by atoms with van der Waals surface area (Å²) in [6.07, 6.45) is 0. The van der Waals surface area contributed by atoms with Crippen molar-refractivity contribution in [2.24, 2.45) is 10.9 Å². The Hall–Kier alpha value is -2.71. The average Bonchev–Trinajstić information content (AvgIpc) is 2.48. The zero-order valence-corrected chi connectivity index (χ0v) is 13.2. The van der Waals surface area contributed by atoms with Crippen molar-refractivity contribution in [3.63, 3.8) is 0 Å². The molecule has 0 unspecified atom stereocenters. The van der Waals surface area contributed by atoms with Crippen molar-refractivity contribution < 1.29 is 18.0 Å². The highest BCUT2D eigenvalue weighted by Gasteiger charge is 2.03. The van der Waals surface area contributed by atoms with Gasteiger partial charge in [0, 0.05) is 11.3 Å². The number of hydrogen-bond donors (Lipinski definition) is 3. The normalized spacial score (nSPS) is 10.2. The van der Waals surface area contributed by atoms with Gasteiger partial charge in [0.15, 0.2) is 5.78 Å². The summed E-state index contributed by atoms with van der Waals surface area (Å²) in [5.41, 5.74) is 6.09. The van der Waals surface area contributed by atoms with Crippen molar-refractivity contribution in [3.8, 4) is 0 Å². The van der Waals surface area contributed by atoms with Gasteiger partial charge in [-0.2, -0.15) is 0 Å².